The maximum absolute atomic E-state index is 12.5. The van der Waals surface area contributed by atoms with Gasteiger partial charge in [0.15, 0.2) is 0 Å². The van der Waals surface area contributed by atoms with Crippen molar-refractivity contribution in [2.75, 3.05) is 25.1 Å². The number of nitrogens with one attached hydrogen (secondary N) is 1. The third-order valence-corrected chi connectivity index (χ3v) is 7.13. The number of piperidine rings is 1. The van der Waals surface area contributed by atoms with Gasteiger partial charge in [-0.25, -0.2) is 4.98 Å². The van der Waals surface area contributed by atoms with Crippen molar-refractivity contribution in [3.63, 3.8) is 0 Å². The zero-order valence-electron chi connectivity index (χ0n) is 20.3. The van der Waals surface area contributed by atoms with Gasteiger partial charge in [-0.2, -0.15) is 0 Å². The summed E-state index contributed by atoms with van der Waals surface area (Å²) < 4.78 is 5.36. The van der Waals surface area contributed by atoms with Crippen molar-refractivity contribution < 1.29 is 9.53 Å². The summed E-state index contributed by atoms with van der Waals surface area (Å²) in [5.74, 6) is 0.329. The topological polar surface area (TPSA) is 84.2 Å². The number of nitrogens with two attached hydrogens (primary N) is 1. The highest BCUT2D eigenvalue weighted by molar-refractivity contribution is 6.12. The Morgan fingerprint density at radius 3 is 2.47 bits per heavy atom. The highest BCUT2D eigenvalue weighted by Gasteiger charge is 2.20. The number of pyridine rings is 1. The molecule has 6 nitrogen and oxygen atoms in total. The number of carbonyl (C=O) groups excluding carboxylic acids is 1. The summed E-state index contributed by atoms with van der Waals surface area (Å²) in [6.45, 7) is 2.03. The Morgan fingerprint density at radius 2 is 1.72 bits per heavy atom. The third-order valence-electron chi connectivity index (χ3n) is 7.13. The number of carbonyl (C=O) groups is 1. The Hall–Kier alpha value is -4.32. The molecule has 0 radical (unpaired) electrons. The van der Waals surface area contributed by atoms with Gasteiger partial charge in [-0.05, 0) is 73.9 Å². The lowest BCUT2D eigenvalue weighted by molar-refractivity contribution is 0.100. The monoisotopic (exact) mass is 476 g/mol. The number of rotatable bonds is 5. The maximum atomic E-state index is 12.5. The number of hydrogen-bond donors (Lipinski definition) is 2. The van der Waals surface area contributed by atoms with Gasteiger partial charge in [0.05, 0.1) is 24.0 Å². The van der Waals surface area contributed by atoms with Crippen LogP contribution in [0.2, 0.25) is 0 Å². The normalized spacial score (nSPS) is 13.9. The van der Waals surface area contributed by atoms with Crippen LogP contribution in [0.25, 0.3) is 44.3 Å². The van der Waals surface area contributed by atoms with Gasteiger partial charge in [0.25, 0.3) is 0 Å². The zero-order chi connectivity index (χ0) is 24.6. The molecule has 0 bridgehead atoms. The van der Waals surface area contributed by atoms with Crippen LogP contribution in [-0.4, -0.2) is 36.1 Å². The molecule has 0 atom stereocenters. The van der Waals surface area contributed by atoms with E-state index in [4.69, 9.17) is 15.5 Å². The summed E-state index contributed by atoms with van der Waals surface area (Å²) in [7, 11) is 1.66. The number of hydrogen-bond acceptors (Lipinski definition) is 4. The van der Waals surface area contributed by atoms with Crippen molar-refractivity contribution in [2.24, 2.45) is 5.73 Å². The lowest BCUT2D eigenvalue weighted by Gasteiger charge is -2.29. The number of primary amides is 1. The second-order valence-electron chi connectivity index (χ2n) is 9.32. The first-order chi connectivity index (χ1) is 17.6. The van der Waals surface area contributed by atoms with E-state index in [1.807, 2.05) is 48.5 Å². The fourth-order valence-electron chi connectivity index (χ4n) is 5.25. The molecule has 1 amide bonds. The molecule has 3 N–H and O–H groups in total. The minimum atomic E-state index is -0.456. The van der Waals surface area contributed by atoms with Crippen LogP contribution in [0.1, 0.15) is 29.6 Å². The lowest BCUT2D eigenvalue weighted by Crippen LogP contribution is -2.29. The molecule has 1 aliphatic heterocycles. The molecule has 6 rings (SSSR count). The first kappa shape index (κ1) is 22.2. The van der Waals surface area contributed by atoms with Gasteiger partial charge >= 0.3 is 0 Å². The van der Waals surface area contributed by atoms with E-state index in [9.17, 15) is 4.79 Å². The largest absolute Gasteiger partial charge is 0.497 e. The molecule has 0 spiro atoms. The molecule has 1 saturated heterocycles. The van der Waals surface area contributed by atoms with E-state index in [-0.39, 0.29) is 0 Å². The predicted molar refractivity (Wildman–Crippen MR) is 146 cm³/mol. The Kier molecular flexibility index (Phi) is 5.56. The number of ether oxygens (including phenoxy) is 1. The van der Waals surface area contributed by atoms with Crippen LogP contribution in [0, 0.1) is 0 Å². The number of aromatic nitrogens is 2. The van der Waals surface area contributed by atoms with Crippen LogP contribution in [0.4, 0.5) is 5.69 Å². The SMILES string of the molecule is COc1ccc(-c2nc(-c3cc(N4CCCCC4)ccc3C(N)=O)cc3c2[nH]c2ccccc23)cc1. The molecule has 3 aromatic carbocycles. The van der Waals surface area contributed by atoms with E-state index in [0.29, 0.717) is 5.56 Å². The number of fused-ring (bicyclic) bond motifs is 3. The minimum absolute atomic E-state index is 0.456. The maximum Gasteiger partial charge on any atom is 0.249 e. The molecule has 2 aromatic heterocycles. The molecule has 0 aliphatic carbocycles. The van der Waals surface area contributed by atoms with E-state index < -0.39 is 5.91 Å². The number of methoxy groups -OCH3 is 1. The van der Waals surface area contributed by atoms with E-state index in [1.165, 1.54) is 19.3 Å². The van der Waals surface area contributed by atoms with Crippen LogP contribution in [0.5, 0.6) is 5.75 Å². The molecule has 0 saturated carbocycles. The van der Waals surface area contributed by atoms with Crippen LogP contribution in [0.15, 0.2) is 72.8 Å². The molecule has 3 heterocycles. The highest BCUT2D eigenvalue weighted by Crippen LogP contribution is 2.37. The Balaban J connectivity index is 1.61. The van der Waals surface area contributed by atoms with Crippen molar-refractivity contribution in [1.82, 2.24) is 9.97 Å². The molecule has 36 heavy (non-hydrogen) atoms. The summed E-state index contributed by atoms with van der Waals surface area (Å²) in [5.41, 5.74) is 12.7. The molecule has 6 heteroatoms. The molecular weight excluding hydrogens is 448 g/mol. The van der Waals surface area contributed by atoms with Gasteiger partial charge in [-0.1, -0.05) is 18.2 Å². The second kappa shape index (κ2) is 9.04. The van der Waals surface area contributed by atoms with E-state index in [1.54, 1.807) is 7.11 Å². The molecule has 1 fully saturated rings. The van der Waals surface area contributed by atoms with E-state index in [2.05, 4.69) is 34.1 Å². The highest BCUT2D eigenvalue weighted by atomic mass is 16.5. The molecular formula is C30H28N4O2. The molecule has 0 unspecified atom stereocenters. The molecule has 180 valence electrons. The summed E-state index contributed by atoms with van der Waals surface area (Å²) in [4.78, 5) is 23.6. The van der Waals surface area contributed by atoms with Crippen molar-refractivity contribution >= 4 is 33.4 Å². The average molecular weight is 477 g/mol. The first-order valence-corrected chi connectivity index (χ1v) is 12.4. The zero-order valence-corrected chi connectivity index (χ0v) is 20.3. The fourth-order valence-corrected chi connectivity index (χ4v) is 5.25. The van der Waals surface area contributed by atoms with Gasteiger partial charge in [-0.3, -0.25) is 4.79 Å². The quantitative estimate of drug-likeness (QED) is 0.319. The van der Waals surface area contributed by atoms with Crippen molar-refractivity contribution in [2.45, 2.75) is 19.3 Å². The fraction of sp³-hybridized carbons (Fsp3) is 0.200. The van der Waals surface area contributed by atoms with Crippen LogP contribution in [-0.2, 0) is 0 Å². The Bertz CT molecular complexity index is 1580. The smallest absolute Gasteiger partial charge is 0.249 e. The number of benzene rings is 3. The van der Waals surface area contributed by atoms with E-state index >= 15 is 0 Å². The standard InChI is InChI=1S/C30H28N4O2/c1-36-21-12-9-19(10-13-21)28-29-25(22-7-3-4-8-26(22)32-29)18-27(33-28)24-17-20(11-14-23(24)30(31)35)34-15-5-2-6-16-34/h3-4,7-14,17-18,32H,2,5-6,15-16H2,1H3,(H2,31,35). The van der Waals surface area contributed by atoms with Crippen molar-refractivity contribution in [3.05, 3.63) is 78.4 Å². The summed E-state index contributed by atoms with van der Waals surface area (Å²) >= 11 is 0. The number of aromatic amines is 1. The van der Waals surface area contributed by atoms with Crippen molar-refractivity contribution in [3.8, 4) is 28.3 Å². The van der Waals surface area contributed by atoms with Gasteiger partial charge in [0.1, 0.15) is 5.75 Å². The number of para-hydroxylation sites is 1. The number of anilines is 1. The molecule has 1 aliphatic rings. The number of amides is 1. The average Bonchev–Trinajstić information content (AvgIpc) is 3.31. The summed E-state index contributed by atoms with van der Waals surface area (Å²) in [5, 5.41) is 2.17. The van der Waals surface area contributed by atoms with Crippen molar-refractivity contribution in [1.29, 1.82) is 0 Å². The van der Waals surface area contributed by atoms with E-state index in [0.717, 1.165) is 68.8 Å². The predicted octanol–water partition coefficient (Wildman–Crippen LogP) is 6.15. The second-order valence-corrected chi connectivity index (χ2v) is 9.32. The van der Waals surface area contributed by atoms with Gasteiger partial charge in [-0.15, -0.1) is 0 Å². The Morgan fingerprint density at radius 1 is 0.944 bits per heavy atom. The summed E-state index contributed by atoms with van der Waals surface area (Å²) in [6, 6.07) is 24.1. The minimum Gasteiger partial charge on any atom is -0.497 e. The van der Waals surface area contributed by atoms with Gasteiger partial charge in [0, 0.05) is 51.8 Å². The molecule has 5 aromatic rings. The van der Waals surface area contributed by atoms with Gasteiger partial charge < -0.3 is 20.4 Å². The number of nitrogens with zero attached hydrogens (tertiary/aromatic N) is 2. The Labute approximate surface area is 209 Å². The number of H-pyrrole nitrogens is 1. The van der Waals surface area contributed by atoms with Crippen LogP contribution < -0.4 is 15.4 Å². The van der Waals surface area contributed by atoms with Gasteiger partial charge in [0.2, 0.25) is 5.91 Å². The third kappa shape index (κ3) is 3.85. The summed E-state index contributed by atoms with van der Waals surface area (Å²) in [6.07, 6.45) is 3.61. The van der Waals surface area contributed by atoms with Crippen LogP contribution in [0.3, 0.4) is 0 Å². The van der Waals surface area contributed by atoms with Crippen LogP contribution >= 0.6 is 0 Å². The lowest BCUT2D eigenvalue weighted by atomic mass is 9.98. The first-order valence-electron chi connectivity index (χ1n) is 12.4.